The number of fused-ring (bicyclic) bond motifs is 8. The third-order valence-electron chi connectivity index (χ3n) is 15.6. The van der Waals surface area contributed by atoms with Gasteiger partial charge in [-0.1, -0.05) is 72.8 Å². The number of aliphatic hydroxyl groups is 2. The van der Waals surface area contributed by atoms with Crippen molar-refractivity contribution in [2.45, 2.75) is 65.6 Å². The van der Waals surface area contributed by atoms with Crippen molar-refractivity contribution in [2.75, 3.05) is 0 Å². The number of hydrogen-bond acceptors (Lipinski definition) is 8. The molecule has 0 radical (unpaired) electrons. The molecule has 2 aliphatic carbocycles. The third-order valence-corrected chi connectivity index (χ3v) is 15.6. The van der Waals surface area contributed by atoms with E-state index in [0.29, 0.717) is 79.6 Å². The summed E-state index contributed by atoms with van der Waals surface area (Å²) in [5, 5.41) is 21.1. The van der Waals surface area contributed by atoms with E-state index in [1.807, 2.05) is 12.1 Å². The van der Waals surface area contributed by atoms with Crippen LogP contribution in [0.25, 0.3) is 77.7 Å². The molecular weight excluding hydrogens is 1060 g/mol. The van der Waals surface area contributed by atoms with Crippen LogP contribution in [0.1, 0.15) is 92.9 Å². The zero-order chi connectivity index (χ0) is 58.8. The maximum Gasteiger partial charge on any atom is 0.333 e. The Bertz CT molecular complexity index is 4440. The number of benzene rings is 8. The van der Waals surface area contributed by atoms with Crippen molar-refractivity contribution in [3.05, 3.63) is 242 Å². The van der Waals surface area contributed by atoms with Crippen molar-refractivity contribution < 1.29 is 37.4 Å². The topological polar surface area (TPSA) is 236 Å². The van der Waals surface area contributed by atoms with Crippen molar-refractivity contribution in [3.63, 3.8) is 0 Å². The number of H-pyrrole nitrogens is 2. The number of hydrogen-bond donors (Lipinski definition) is 6. The molecule has 8 aromatic carbocycles. The van der Waals surface area contributed by atoms with Crippen LogP contribution < -0.4 is 34.0 Å². The van der Waals surface area contributed by atoms with Gasteiger partial charge in [0.25, 0.3) is 11.1 Å². The van der Waals surface area contributed by atoms with Gasteiger partial charge in [0.1, 0.15) is 23.3 Å². The number of primary amides is 2. The van der Waals surface area contributed by atoms with Gasteiger partial charge in [0.05, 0.1) is 44.4 Å². The summed E-state index contributed by atoms with van der Waals surface area (Å²) in [7, 11) is 0. The Hall–Kier alpha value is -9.78. The Labute approximate surface area is 463 Å². The molecule has 412 valence electrons. The highest BCUT2D eigenvalue weighted by Gasteiger charge is 2.34. The quantitative estimate of drug-likeness (QED) is 0.0799. The fraction of sp³-hybridized carbons (Fsp3) is 0.156. The maximum atomic E-state index is 16.0. The Morgan fingerprint density at radius 3 is 1.21 bits per heavy atom. The minimum absolute atomic E-state index is 0.0103. The number of para-hydroxylation sites is 2. The number of halogens is 4. The predicted molar refractivity (Wildman–Crippen MR) is 305 cm³/mol. The Kier molecular flexibility index (Phi) is 12.9. The molecule has 8 N–H and O–H groups in total. The number of nitrogens with two attached hydrogens (primary N) is 2. The monoisotopic (exact) mass is 1110 g/mol. The number of carbonyl (C=O) groups excluding carboxylic acids is 2. The standard InChI is InChI=1S/2C32H25F2N3O4/c2*1-15-18(6-5-9-25(15)37-30(39)20-7-4-8-23(33)28(20)36-31(37)40)27-24(34)14-22(29(35)38)21-13-16-12-17(32(2,3)41)10-11-19(16)26(21)27/h2*4-12,14,41H,13H2,1-3H3,(H2,35,38)(H,36,40). The van der Waals surface area contributed by atoms with Crippen molar-refractivity contribution in [3.8, 4) is 55.9 Å². The number of aromatic nitrogens is 4. The molecule has 0 bridgehead atoms. The number of rotatable bonds is 8. The molecule has 0 spiro atoms. The van der Waals surface area contributed by atoms with Crippen LogP contribution in [0.15, 0.2) is 141 Å². The van der Waals surface area contributed by atoms with Crippen molar-refractivity contribution in [2.24, 2.45) is 11.5 Å². The predicted octanol–water partition coefficient (Wildman–Crippen LogP) is 9.66. The van der Waals surface area contributed by atoms with Crippen LogP contribution in [0.4, 0.5) is 17.6 Å². The van der Waals surface area contributed by atoms with Gasteiger partial charge >= 0.3 is 11.4 Å². The van der Waals surface area contributed by atoms with Crippen molar-refractivity contribution >= 4 is 33.6 Å². The first kappa shape index (κ1) is 54.2. The van der Waals surface area contributed by atoms with Gasteiger partial charge in [-0.05, 0) is 181 Å². The number of carbonyl (C=O) groups is 2. The van der Waals surface area contributed by atoms with E-state index in [1.165, 1.54) is 24.3 Å². The lowest BCUT2D eigenvalue weighted by atomic mass is 9.88. The lowest BCUT2D eigenvalue weighted by Gasteiger charge is -2.20. The van der Waals surface area contributed by atoms with Crippen LogP contribution in [0, 0.1) is 37.1 Å². The first-order valence-corrected chi connectivity index (χ1v) is 25.9. The molecule has 18 heteroatoms. The summed E-state index contributed by atoms with van der Waals surface area (Å²) in [6.45, 7) is 9.97. The lowest BCUT2D eigenvalue weighted by Crippen LogP contribution is -2.34. The fourth-order valence-electron chi connectivity index (χ4n) is 11.5. The number of nitrogens with one attached hydrogen (secondary N) is 2. The van der Waals surface area contributed by atoms with E-state index < -0.39 is 68.8 Å². The molecule has 14 nitrogen and oxygen atoms in total. The highest BCUT2D eigenvalue weighted by Crippen LogP contribution is 2.50. The van der Waals surface area contributed by atoms with E-state index in [4.69, 9.17) is 11.5 Å². The molecule has 0 saturated heterocycles. The molecule has 2 aliphatic rings. The second-order valence-corrected chi connectivity index (χ2v) is 21.6. The van der Waals surface area contributed by atoms with E-state index >= 15 is 8.78 Å². The summed E-state index contributed by atoms with van der Waals surface area (Å²) in [6.07, 6.45) is 0.600. The number of amides is 2. The molecule has 0 atom stereocenters. The van der Waals surface area contributed by atoms with Gasteiger partial charge in [0, 0.05) is 22.3 Å². The molecule has 2 heterocycles. The van der Waals surface area contributed by atoms with Gasteiger partial charge < -0.3 is 31.6 Å². The lowest BCUT2D eigenvalue weighted by molar-refractivity contribution is 0.0780. The third kappa shape index (κ3) is 8.74. The van der Waals surface area contributed by atoms with Gasteiger partial charge in [-0.15, -0.1) is 0 Å². The van der Waals surface area contributed by atoms with E-state index in [-0.39, 0.29) is 55.4 Å². The summed E-state index contributed by atoms with van der Waals surface area (Å²) >= 11 is 0. The first-order chi connectivity index (χ1) is 38.8. The number of aromatic amines is 2. The van der Waals surface area contributed by atoms with Crippen molar-refractivity contribution in [1.29, 1.82) is 0 Å². The highest BCUT2D eigenvalue weighted by molar-refractivity contribution is 6.04. The largest absolute Gasteiger partial charge is 0.386 e. The van der Waals surface area contributed by atoms with Gasteiger partial charge in [-0.25, -0.2) is 36.3 Å². The Balaban J connectivity index is 0.000000172. The van der Waals surface area contributed by atoms with Crippen LogP contribution in [0.5, 0.6) is 0 Å². The Morgan fingerprint density at radius 2 is 0.854 bits per heavy atom. The SMILES string of the molecule is Cc1c(-c2c(F)cc(C(N)=O)c3c2-c2ccc(C(C)(C)O)cc2C3)cccc1-n1c(=O)[nH]c2c(F)cccc2c1=O.Cc1c(-c2c(F)cc(C(N)=O)c3c2-c2ccc(C(C)(C)O)cc2C3)cccc1-n1c(=O)[nH]c2c(F)cccc2c1=O. The summed E-state index contributed by atoms with van der Waals surface area (Å²) in [5.74, 6) is -4.39. The normalized spacial score (nSPS) is 12.4. The molecule has 0 saturated carbocycles. The second kappa shape index (κ2) is 19.5. The Morgan fingerprint density at radius 1 is 0.488 bits per heavy atom. The molecule has 0 fully saturated rings. The molecule has 0 unspecified atom stereocenters. The first-order valence-electron chi connectivity index (χ1n) is 25.9. The summed E-state index contributed by atoms with van der Waals surface area (Å²) in [4.78, 5) is 82.5. The molecule has 2 aromatic heterocycles. The fourth-order valence-corrected chi connectivity index (χ4v) is 11.5. The van der Waals surface area contributed by atoms with Crippen LogP contribution in [0.2, 0.25) is 0 Å². The zero-order valence-electron chi connectivity index (χ0n) is 44.9. The van der Waals surface area contributed by atoms with E-state index in [2.05, 4.69) is 9.97 Å². The summed E-state index contributed by atoms with van der Waals surface area (Å²) in [6, 6.07) is 30.5. The molecule has 10 aromatic rings. The second-order valence-electron chi connectivity index (χ2n) is 21.6. The molecule has 0 aliphatic heterocycles. The molecule has 12 rings (SSSR count). The van der Waals surface area contributed by atoms with E-state index in [1.54, 1.807) is 102 Å². The minimum atomic E-state index is -1.11. The molecule has 2 amide bonds. The zero-order valence-corrected chi connectivity index (χ0v) is 44.9. The average Bonchev–Trinajstić information content (AvgIpc) is 3.53. The number of nitrogens with zero attached hydrogens (tertiary/aromatic N) is 2. The summed E-state index contributed by atoms with van der Waals surface area (Å²) in [5.41, 5.74) is 14.5. The van der Waals surface area contributed by atoms with Gasteiger partial charge in [-0.2, -0.15) is 0 Å². The van der Waals surface area contributed by atoms with Gasteiger partial charge in [-0.3, -0.25) is 19.2 Å². The molecular formula is C64H50F4N6O8. The average molecular weight is 1110 g/mol. The van der Waals surface area contributed by atoms with Gasteiger partial charge in [0.15, 0.2) is 0 Å². The minimum Gasteiger partial charge on any atom is -0.386 e. The van der Waals surface area contributed by atoms with Gasteiger partial charge in [0.2, 0.25) is 11.8 Å². The van der Waals surface area contributed by atoms with Crippen LogP contribution in [-0.2, 0) is 24.0 Å². The maximum absolute atomic E-state index is 16.0. The molecule has 82 heavy (non-hydrogen) atoms. The van der Waals surface area contributed by atoms with Crippen LogP contribution in [-0.4, -0.2) is 41.1 Å². The smallest absolute Gasteiger partial charge is 0.333 e. The van der Waals surface area contributed by atoms with Crippen LogP contribution in [0.3, 0.4) is 0 Å². The summed E-state index contributed by atoms with van der Waals surface area (Å²) < 4.78 is 62.5. The van der Waals surface area contributed by atoms with E-state index in [9.17, 15) is 47.8 Å². The van der Waals surface area contributed by atoms with E-state index in [0.717, 1.165) is 44.5 Å². The van der Waals surface area contributed by atoms with Crippen LogP contribution >= 0.6 is 0 Å². The van der Waals surface area contributed by atoms with Crippen molar-refractivity contribution in [1.82, 2.24) is 19.1 Å². The highest BCUT2D eigenvalue weighted by atomic mass is 19.1.